The summed E-state index contributed by atoms with van der Waals surface area (Å²) < 4.78 is 0. The first kappa shape index (κ1) is 12.8. The molecule has 0 aliphatic carbocycles. The van der Waals surface area contributed by atoms with Gasteiger partial charge in [-0.25, -0.2) is 0 Å². The van der Waals surface area contributed by atoms with Crippen LogP contribution in [0.4, 0.5) is 0 Å². The molecule has 0 spiro atoms. The van der Waals surface area contributed by atoms with Crippen LogP contribution in [-0.2, 0) is 0 Å². The number of aromatic hydroxyl groups is 1. The maximum Gasteiger partial charge on any atom is 0.120 e. The molecular formula is C14H21NO. The molecule has 2 unspecified atom stereocenters. The fourth-order valence-corrected chi connectivity index (χ4v) is 1.87. The van der Waals surface area contributed by atoms with Crippen molar-refractivity contribution in [2.24, 2.45) is 0 Å². The smallest absolute Gasteiger partial charge is 0.120 e. The normalized spacial score (nSPS) is 14.4. The first-order valence-corrected chi connectivity index (χ1v) is 5.83. The van der Waals surface area contributed by atoms with Crippen LogP contribution < -0.4 is 5.32 Å². The van der Waals surface area contributed by atoms with Crippen LogP contribution in [0.1, 0.15) is 38.3 Å². The zero-order chi connectivity index (χ0) is 12.0. The van der Waals surface area contributed by atoms with Crippen molar-refractivity contribution in [3.63, 3.8) is 0 Å². The molecule has 1 aromatic carbocycles. The molecule has 2 nitrogen and oxygen atoms in total. The number of hydrogen-bond donors (Lipinski definition) is 2. The van der Waals surface area contributed by atoms with E-state index in [1.54, 1.807) is 6.07 Å². The third-order valence-corrected chi connectivity index (χ3v) is 2.73. The number of nitrogens with one attached hydrogen (secondary N) is 1. The van der Waals surface area contributed by atoms with Gasteiger partial charge in [-0.05, 0) is 25.8 Å². The van der Waals surface area contributed by atoms with E-state index in [4.69, 9.17) is 0 Å². The van der Waals surface area contributed by atoms with Crippen molar-refractivity contribution in [2.75, 3.05) is 0 Å². The topological polar surface area (TPSA) is 32.3 Å². The Bertz CT molecular complexity index is 335. The number of para-hydroxylation sites is 1. The minimum atomic E-state index is 0.205. The molecular weight excluding hydrogens is 198 g/mol. The average molecular weight is 219 g/mol. The molecule has 0 amide bonds. The lowest BCUT2D eigenvalue weighted by atomic mass is 10.0. The Labute approximate surface area is 98.0 Å². The molecule has 0 aliphatic heterocycles. The summed E-state index contributed by atoms with van der Waals surface area (Å²) in [5, 5.41) is 13.3. The van der Waals surface area contributed by atoms with Crippen LogP contribution in [0.2, 0.25) is 0 Å². The third kappa shape index (κ3) is 3.38. The van der Waals surface area contributed by atoms with Crippen LogP contribution in [0.3, 0.4) is 0 Å². The zero-order valence-electron chi connectivity index (χ0n) is 10.1. The molecule has 16 heavy (non-hydrogen) atoms. The van der Waals surface area contributed by atoms with Gasteiger partial charge in [-0.2, -0.15) is 0 Å². The van der Waals surface area contributed by atoms with Gasteiger partial charge < -0.3 is 10.4 Å². The Kier molecular flexibility index (Phi) is 5.06. The van der Waals surface area contributed by atoms with Crippen molar-refractivity contribution < 1.29 is 5.11 Å². The van der Waals surface area contributed by atoms with Crippen molar-refractivity contribution >= 4 is 0 Å². The highest BCUT2D eigenvalue weighted by molar-refractivity contribution is 5.34. The van der Waals surface area contributed by atoms with Gasteiger partial charge in [0.05, 0.1) is 0 Å². The summed E-state index contributed by atoms with van der Waals surface area (Å²) in [4.78, 5) is 0. The third-order valence-electron chi connectivity index (χ3n) is 2.73. The minimum Gasteiger partial charge on any atom is -0.508 e. The number of benzene rings is 1. The second-order valence-corrected chi connectivity index (χ2v) is 4.11. The number of phenols is 1. The van der Waals surface area contributed by atoms with Crippen molar-refractivity contribution in [3.8, 4) is 5.75 Å². The van der Waals surface area contributed by atoms with Gasteiger partial charge in [0.2, 0.25) is 0 Å². The first-order chi connectivity index (χ1) is 7.69. The highest BCUT2D eigenvalue weighted by Gasteiger charge is 2.14. The van der Waals surface area contributed by atoms with Crippen LogP contribution in [0.15, 0.2) is 36.9 Å². The molecule has 1 aromatic rings. The second-order valence-electron chi connectivity index (χ2n) is 4.11. The lowest BCUT2D eigenvalue weighted by molar-refractivity contribution is 0.415. The maximum atomic E-state index is 9.79. The number of hydrogen-bond acceptors (Lipinski definition) is 2. The molecule has 88 valence electrons. The van der Waals surface area contributed by atoms with Gasteiger partial charge in [0.25, 0.3) is 0 Å². The predicted octanol–water partition coefficient (Wildman–Crippen LogP) is 3.40. The highest BCUT2D eigenvalue weighted by atomic mass is 16.3. The molecule has 1 rings (SSSR count). The van der Waals surface area contributed by atoms with Crippen LogP contribution in [0, 0.1) is 0 Å². The van der Waals surface area contributed by atoms with Crippen molar-refractivity contribution in [1.29, 1.82) is 0 Å². The van der Waals surface area contributed by atoms with Gasteiger partial charge in [-0.15, -0.1) is 6.58 Å². The molecule has 0 radical (unpaired) electrons. The molecule has 0 fully saturated rings. The quantitative estimate of drug-likeness (QED) is 0.719. The van der Waals surface area contributed by atoms with Crippen molar-refractivity contribution in [3.05, 3.63) is 42.5 Å². The molecule has 0 aromatic heterocycles. The summed E-state index contributed by atoms with van der Waals surface area (Å²) in [6.45, 7) is 7.98. The Morgan fingerprint density at radius 1 is 1.44 bits per heavy atom. The fraction of sp³-hybridized carbons (Fsp3) is 0.429. The monoisotopic (exact) mass is 219 g/mol. The minimum absolute atomic E-state index is 0.205. The molecule has 0 aliphatic rings. The van der Waals surface area contributed by atoms with E-state index in [0.717, 1.165) is 18.4 Å². The summed E-state index contributed by atoms with van der Waals surface area (Å²) in [6, 6.07) is 8.09. The fourth-order valence-electron chi connectivity index (χ4n) is 1.87. The van der Waals surface area contributed by atoms with Gasteiger partial charge in [-0.3, -0.25) is 0 Å². The van der Waals surface area contributed by atoms with E-state index >= 15 is 0 Å². The molecule has 2 N–H and O–H groups in total. The lowest BCUT2D eigenvalue weighted by Crippen LogP contribution is -2.29. The van der Waals surface area contributed by atoms with Crippen LogP contribution in [0.25, 0.3) is 0 Å². The van der Waals surface area contributed by atoms with E-state index in [9.17, 15) is 5.11 Å². The van der Waals surface area contributed by atoms with E-state index in [1.165, 1.54) is 0 Å². The number of phenolic OH excluding ortho intramolecular Hbond substituents is 1. The molecule has 0 saturated heterocycles. The van der Waals surface area contributed by atoms with E-state index < -0.39 is 0 Å². The summed E-state index contributed by atoms with van der Waals surface area (Å²) in [5.74, 6) is 0.368. The Hall–Kier alpha value is -1.28. The van der Waals surface area contributed by atoms with E-state index in [1.807, 2.05) is 24.3 Å². The maximum absolute atomic E-state index is 9.79. The van der Waals surface area contributed by atoms with Gasteiger partial charge >= 0.3 is 0 Å². The summed E-state index contributed by atoms with van der Waals surface area (Å²) in [7, 11) is 0. The Balaban J connectivity index is 2.74. The van der Waals surface area contributed by atoms with Gasteiger partial charge in [0, 0.05) is 17.6 Å². The Morgan fingerprint density at radius 3 is 2.69 bits per heavy atom. The van der Waals surface area contributed by atoms with Crippen LogP contribution in [-0.4, -0.2) is 11.1 Å². The van der Waals surface area contributed by atoms with Gasteiger partial charge in [0.1, 0.15) is 5.75 Å². The summed E-state index contributed by atoms with van der Waals surface area (Å²) in [5.41, 5.74) is 0.973. The lowest BCUT2D eigenvalue weighted by Gasteiger charge is -2.22. The van der Waals surface area contributed by atoms with Gasteiger partial charge in [-0.1, -0.05) is 31.2 Å². The zero-order valence-corrected chi connectivity index (χ0v) is 10.1. The first-order valence-electron chi connectivity index (χ1n) is 5.83. The summed E-state index contributed by atoms with van der Waals surface area (Å²) >= 11 is 0. The van der Waals surface area contributed by atoms with Crippen molar-refractivity contribution in [2.45, 2.75) is 38.8 Å². The van der Waals surface area contributed by atoms with Gasteiger partial charge in [0.15, 0.2) is 0 Å². The molecule has 2 heteroatoms. The van der Waals surface area contributed by atoms with E-state index in [-0.39, 0.29) is 6.04 Å². The summed E-state index contributed by atoms with van der Waals surface area (Å²) in [6.07, 6.45) is 3.80. The SMILES string of the molecule is C=CCC(C)NC(CC)c1ccccc1O. The van der Waals surface area contributed by atoms with Crippen LogP contribution in [0.5, 0.6) is 5.75 Å². The molecule has 0 heterocycles. The molecule has 0 saturated carbocycles. The standard InChI is InChI=1S/C14H21NO/c1-4-8-11(3)15-13(5-2)12-9-6-7-10-14(12)16/h4,6-7,9-11,13,15-16H,1,5,8H2,2-3H3. The largest absolute Gasteiger partial charge is 0.508 e. The molecule has 0 bridgehead atoms. The van der Waals surface area contributed by atoms with Crippen molar-refractivity contribution in [1.82, 2.24) is 5.32 Å². The predicted molar refractivity (Wildman–Crippen MR) is 68.6 cm³/mol. The number of rotatable bonds is 6. The van der Waals surface area contributed by atoms with E-state index in [0.29, 0.717) is 11.8 Å². The highest BCUT2D eigenvalue weighted by Crippen LogP contribution is 2.26. The Morgan fingerprint density at radius 2 is 2.12 bits per heavy atom. The van der Waals surface area contributed by atoms with Crippen LogP contribution >= 0.6 is 0 Å². The second kappa shape index (κ2) is 6.33. The average Bonchev–Trinajstić information content (AvgIpc) is 2.27. The molecule has 2 atom stereocenters. The van der Waals surface area contributed by atoms with E-state index in [2.05, 4.69) is 25.7 Å².